The van der Waals surface area contributed by atoms with E-state index in [1.807, 2.05) is 63.2 Å². The summed E-state index contributed by atoms with van der Waals surface area (Å²) in [6.07, 6.45) is 0. The number of nitrogens with zero attached hydrogens (tertiary/aromatic N) is 3. The fraction of sp³-hybridized carbons (Fsp3) is 0.125. The Labute approximate surface area is 174 Å². The van der Waals surface area contributed by atoms with Crippen LogP contribution in [-0.2, 0) is 0 Å². The molecule has 0 atom stereocenters. The molecule has 0 radical (unpaired) electrons. The van der Waals surface area contributed by atoms with E-state index in [-0.39, 0.29) is 11.5 Å². The molecule has 0 bridgehead atoms. The molecule has 30 heavy (non-hydrogen) atoms. The van der Waals surface area contributed by atoms with Gasteiger partial charge in [-0.25, -0.2) is 14.1 Å². The van der Waals surface area contributed by atoms with Gasteiger partial charge in [-0.2, -0.15) is 0 Å². The van der Waals surface area contributed by atoms with Crippen LogP contribution in [0.2, 0.25) is 0 Å². The standard InChI is InChI=1S/C24H21FN4O/c1-15-11-13-18(14-12-15)23-27-22(24(30)26-20-9-5-4-8-19(20)25)28-29(23)21-10-6-7-16(2)17(21)3/h4-14H,1-3H3,(H,26,30). The summed E-state index contributed by atoms with van der Waals surface area (Å²) in [6.45, 7) is 6.03. The average molecular weight is 400 g/mol. The highest BCUT2D eigenvalue weighted by Crippen LogP contribution is 2.25. The number of amides is 1. The molecule has 0 spiro atoms. The summed E-state index contributed by atoms with van der Waals surface area (Å²) >= 11 is 0. The first kappa shape index (κ1) is 19.5. The molecule has 4 rings (SSSR count). The van der Waals surface area contributed by atoms with Crippen LogP contribution in [-0.4, -0.2) is 20.7 Å². The second-order valence-corrected chi connectivity index (χ2v) is 7.19. The molecule has 0 unspecified atom stereocenters. The van der Waals surface area contributed by atoms with Gasteiger partial charge in [-0.05, 0) is 50.1 Å². The molecule has 3 aromatic carbocycles. The largest absolute Gasteiger partial charge is 0.317 e. The minimum atomic E-state index is -0.572. The van der Waals surface area contributed by atoms with Gasteiger partial charge in [0.05, 0.1) is 11.4 Å². The first-order valence-corrected chi connectivity index (χ1v) is 9.60. The van der Waals surface area contributed by atoms with Crippen molar-refractivity contribution in [2.45, 2.75) is 20.8 Å². The van der Waals surface area contributed by atoms with Gasteiger partial charge >= 0.3 is 0 Å². The lowest BCUT2D eigenvalue weighted by atomic mass is 10.1. The molecule has 4 aromatic rings. The van der Waals surface area contributed by atoms with Gasteiger partial charge in [-0.15, -0.1) is 5.10 Å². The fourth-order valence-corrected chi connectivity index (χ4v) is 3.17. The molecule has 5 nitrogen and oxygen atoms in total. The molecule has 6 heteroatoms. The van der Waals surface area contributed by atoms with Gasteiger partial charge in [0, 0.05) is 5.56 Å². The molecular formula is C24H21FN4O. The Bertz CT molecular complexity index is 1230. The smallest absolute Gasteiger partial charge is 0.295 e. The van der Waals surface area contributed by atoms with Crippen molar-refractivity contribution in [1.29, 1.82) is 0 Å². The summed E-state index contributed by atoms with van der Waals surface area (Å²) in [5.41, 5.74) is 5.02. The molecule has 0 aliphatic carbocycles. The van der Waals surface area contributed by atoms with Crippen LogP contribution in [0.1, 0.15) is 27.3 Å². The van der Waals surface area contributed by atoms with Crippen molar-refractivity contribution >= 4 is 11.6 Å². The van der Waals surface area contributed by atoms with Gasteiger partial charge in [0.1, 0.15) is 5.82 Å². The SMILES string of the molecule is Cc1ccc(-c2nc(C(=O)Nc3ccccc3F)nn2-c2cccc(C)c2C)cc1. The van der Waals surface area contributed by atoms with Crippen LogP contribution in [0.3, 0.4) is 0 Å². The number of aryl methyl sites for hydroxylation is 2. The monoisotopic (exact) mass is 400 g/mol. The maximum Gasteiger partial charge on any atom is 0.295 e. The number of carbonyl (C=O) groups excluding carboxylic acids is 1. The number of rotatable bonds is 4. The maximum atomic E-state index is 14.0. The normalized spacial score (nSPS) is 10.8. The summed E-state index contributed by atoms with van der Waals surface area (Å²) < 4.78 is 15.6. The summed E-state index contributed by atoms with van der Waals surface area (Å²) in [6, 6.07) is 19.8. The number of aromatic nitrogens is 3. The highest BCUT2D eigenvalue weighted by Gasteiger charge is 2.20. The highest BCUT2D eigenvalue weighted by atomic mass is 19.1. The average Bonchev–Trinajstić information content (AvgIpc) is 3.17. The van der Waals surface area contributed by atoms with E-state index < -0.39 is 11.7 Å². The zero-order valence-electron chi connectivity index (χ0n) is 17.0. The third-order valence-corrected chi connectivity index (χ3v) is 5.05. The van der Waals surface area contributed by atoms with Crippen molar-refractivity contribution in [2.24, 2.45) is 0 Å². The van der Waals surface area contributed by atoms with Crippen LogP contribution in [0, 0.1) is 26.6 Å². The zero-order valence-corrected chi connectivity index (χ0v) is 17.0. The quantitative estimate of drug-likeness (QED) is 0.509. The van der Waals surface area contributed by atoms with Crippen LogP contribution in [0.15, 0.2) is 66.7 Å². The Balaban J connectivity index is 1.81. The Morgan fingerprint density at radius 1 is 0.933 bits per heavy atom. The van der Waals surface area contributed by atoms with Crippen LogP contribution in [0.4, 0.5) is 10.1 Å². The van der Waals surface area contributed by atoms with E-state index in [2.05, 4.69) is 15.4 Å². The third kappa shape index (κ3) is 3.72. The molecule has 1 heterocycles. The number of halogens is 1. The molecule has 0 saturated heterocycles. The van der Waals surface area contributed by atoms with E-state index in [0.717, 1.165) is 27.9 Å². The predicted octanol–water partition coefficient (Wildman–Crippen LogP) is 5.25. The van der Waals surface area contributed by atoms with Crippen LogP contribution in [0.25, 0.3) is 17.1 Å². The number of nitrogens with one attached hydrogen (secondary N) is 1. The molecule has 1 amide bonds. The van der Waals surface area contributed by atoms with E-state index in [9.17, 15) is 9.18 Å². The Morgan fingerprint density at radius 3 is 2.40 bits per heavy atom. The molecule has 0 aliphatic rings. The zero-order chi connectivity index (χ0) is 21.3. The molecule has 1 aromatic heterocycles. The van der Waals surface area contributed by atoms with Crippen molar-refractivity contribution in [2.75, 3.05) is 5.32 Å². The van der Waals surface area contributed by atoms with Gasteiger partial charge in [0.25, 0.3) is 5.91 Å². The van der Waals surface area contributed by atoms with Crippen molar-refractivity contribution in [1.82, 2.24) is 14.8 Å². The highest BCUT2D eigenvalue weighted by molar-refractivity contribution is 6.01. The second-order valence-electron chi connectivity index (χ2n) is 7.19. The van der Waals surface area contributed by atoms with Gasteiger partial charge in [0.2, 0.25) is 5.82 Å². The number of para-hydroxylation sites is 1. The third-order valence-electron chi connectivity index (χ3n) is 5.05. The first-order valence-electron chi connectivity index (χ1n) is 9.60. The summed E-state index contributed by atoms with van der Waals surface area (Å²) in [5.74, 6) is -0.576. The second kappa shape index (κ2) is 7.91. The lowest BCUT2D eigenvalue weighted by Gasteiger charge is -2.11. The molecule has 0 fully saturated rings. The molecule has 0 saturated carbocycles. The number of hydrogen-bond donors (Lipinski definition) is 1. The Kier molecular flexibility index (Phi) is 5.14. The topological polar surface area (TPSA) is 59.8 Å². The van der Waals surface area contributed by atoms with Crippen molar-refractivity contribution in [3.8, 4) is 17.1 Å². The van der Waals surface area contributed by atoms with Crippen LogP contribution < -0.4 is 5.32 Å². The maximum absolute atomic E-state index is 14.0. The predicted molar refractivity (Wildman–Crippen MR) is 115 cm³/mol. The Morgan fingerprint density at radius 2 is 1.67 bits per heavy atom. The molecular weight excluding hydrogens is 379 g/mol. The molecule has 0 aliphatic heterocycles. The van der Waals surface area contributed by atoms with E-state index in [4.69, 9.17) is 0 Å². The molecule has 1 N–H and O–H groups in total. The lowest BCUT2D eigenvalue weighted by Crippen LogP contribution is -2.15. The van der Waals surface area contributed by atoms with Gasteiger partial charge in [-0.3, -0.25) is 4.79 Å². The number of carbonyl (C=O) groups is 1. The minimum absolute atomic E-state index is 0.0327. The van der Waals surface area contributed by atoms with Gasteiger partial charge in [-0.1, -0.05) is 54.1 Å². The van der Waals surface area contributed by atoms with Gasteiger partial charge < -0.3 is 5.32 Å². The van der Waals surface area contributed by atoms with Crippen LogP contribution >= 0.6 is 0 Å². The minimum Gasteiger partial charge on any atom is -0.317 e. The molecule has 150 valence electrons. The van der Waals surface area contributed by atoms with Crippen molar-refractivity contribution in [3.05, 3.63) is 95.1 Å². The number of anilines is 1. The number of benzene rings is 3. The summed E-state index contributed by atoms with van der Waals surface area (Å²) in [4.78, 5) is 17.3. The summed E-state index contributed by atoms with van der Waals surface area (Å²) in [5, 5.41) is 7.03. The summed E-state index contributed by atoms with van der Waals surface area (Å²) in [7, 11) is 0. The van der Waals surface area contributed by atoms with E-state index in [0.29, 0.717) is 5.82 Å². The van der Waals surface area contributed by atoms with Crippen molar-refractivity contribution in [3.63, 3.8) is 0 Å². The van der Waals surface area contributed by atoms with E-state index in [1.54, 1.807) is 16.8 Å². The van der Waals surface area contributed by atoms with E-state index >= 15 is 0 Å². The Hall–Kier alpha value is -3.80. The van der Waals surface area contributed by atoms with Crippen molar-refractivity contribution < 1.29 is 9.18 Å². The number of hydrogen-bond acceptors (Lipinski definition) is 3. The lowest BCUT2D eigenvalue weighted by molar-refractivity contribution is 0.101. The first-order chi connectivity index (χ1) is 14.4. The van der Waals surface area contributed by atoms with E-state index in [1.165, 1.54) is 12.1 Å². The fourth-order valence-electron chi connectivity index (χ4n) is 3.17. The van der Waals surface area contributed by atoms with Crippen LogP contribution in [0.5, 0.6) is 0 Å². The van der Waals surface area contributed by atoms with Gasteiger partial charge in [0.15, 0.2) is 5.82 Å².